The molecule has 2 unspecified atom stereocenters. The summed E-state index contributed by atoms with van der Waals surface area (Å²) in [5.74, 6) is -0.699. The van der Waals surface area contributed by atoms with E-state index in [0.717, 1.165) is 25.8 Å². The molecule has 112 valence electrons. The van der Waals surface area contributed by atoms with Gasteiger partial charge in [-0.15, -0.1) is 11.3 Å². The average Bonchev–Trinajstić information content (AvgIpc) is 2.91. The molecule has 2 atom stereocenters. The SMILES string of the molecule is CC(c1cc2ccccc2s1)N1CCCCC1(C)C(=O)O. The minimum absolute atomic E-state index is 0.142. The second-order valence-electron chi connectivity index (χ2n) is 6.09. The maximum Gasteiger partial charge on any atom is 0.323 e. The van der Waals surface area contributed by atoms with Crippen LogP contribution in [-0.2, 0) is 4.79 Å². The van der Waals surface area contributed by atoms with E-state index in [1.54, 1.807) is 11.3 Å². The Morgan fingerprint density at radius 1 is 1.38 bits per heavy atom. The molecule has 1 aromatic carbocycles. The minimum Gasteiger partial charge on any atom is -0.480 e. The van der Waals surface area contributed by atoms with E-state index in [9.17, 15) is 9.90 Å². The minimum atomic E-state index is -0.742. The number of likely N-dealkylation sites (tertiary alicyclic amines) is 1. The lowest BCUT2D eigenvalue weighted by atomic mass is 9.87. The van der Waals surface area contributed by atoms with Gasteiger partial charge in [-0.3, -0.25) is 9.69 Å². The number of fused-ring (bicyclic) bond motifs is 1. The molecule has 1 aromatic heterocycles. The van der Waals surface area contributed by atoms with Crippen LogP contribution in [0.25, 0.3) is 10.1 Å². The highest BCUT2D eigenvalue weighted by atomic mass is 32.1. The molecule has 3 rings (SSSR count). The number of hydrogen-bond acceptors (Lipinski definition) is 3. The second-order valence-corrected chi connectivity index (χ2v) is 7.21. The number of carbonyl (C=O) groups is 1. The lowest BCUT2D eigenvalue weighted by Gasteiger charge is -2.44. The first-order valence-electron chi connectivity index (χ1n) is 7.51. The van der Waals surface area contributed by atoms with Gasteiger partial charge < -0.3 is 5.11 Å². The summed E-state index contributed by atoms with van der Waals surface area (Å²) >= 11 is 1.78. The molecule has 2 aromatic rings. The van der Waals surface area contributed by atoms with E-state index in [2.05, 4.69) is 36.1 Å². The standard InChI is InChI=1S/C17H21NO2S/c1-12(15-11-13-7-3-4-8-14(13)21-15)18-10-6-5-9-17(18,2)16(19)20/h3-4,7-8,11-12H,5-6,9-10H2,1-2H3,(H,19,20). The Bertz CT molecular complexity index is 633. The zero-order valence-corrected chi connectivity index (χ0v) is 13.3. The van der Waals surface area contributed by atoms with Gasteiger partial charge in [-0.25, -0.2) is 0 Å². The molecule has 0 spiro atoms. The highest BCUT2D eigenvalue weighted by molar-refractivity contribution is 7.19. The van der Waals surface area contributed by atoms with Crippen molar-refractivity contribution in [3.05, 3.63) is 35.2 Å². The Kier molecular flexibility index (Phi) is 3.76. The molecule has 2 heterocycles. The fourth-order valence-corrected chi connectivity index (χ4v) is 4.48. The molecule has 21 heavy (non-hydrogen) atoms. The molecule has 0 aliphatic carbocycles. The lowest BCUT2D eigenvalue weighted by Crippen LogP contribution is -2.55. The molecule has 1 N–H and O–H groups in total. The van der Waals surface area contributed by atoms with E-state index in [-0.39, 0.29) is 6.04 Å². The van der Waals surface area contributed by atoms with Crippen molar-refractivity contribution in [2.45, 2.75) is 44.7 Å². The second kappa shape index (κ2) is 5.43. The number of piperidine rings is 1. The third-order valence-electron chi connectivity index (χ3n) is 4.73. The normalized spacial score (nSPS) is 25.0. The summed E-state index contributed by atoms with van der Waals surface area (Å²) in [7, 11) is 0. The van der Waals surface area contributed by atoms with Crippen LogP contribution in [0, 0.1) is 0 Å². The smallest absolute Gasteiger partial charge is 0.323 e. The van der Waals surface area contributed by atoms with Gasteiger partial charge >= 0.3 is 5.97 Å². The molecule has 0 radical (unpaired) electrons. The molecule has 1 aliphatic heterocycles. The van der Waals surface area contributed by atoms with E-state index < -0.39 is 11.5 Å². The van der Waals surface area contributed by atoms with Crippen molar-refractivity contribution in [2.24, 2.45) is 0 Å². The van der Waals surface area contributed by atoms with Crippen LogP contribution < -0.4 is 0 Å². The summed E-state index contributed by atoms with van der Waals surface area (Å²) in [6, 6.07) is 10.7. The maximum absolute atomic E-state index is 11.8. The lowest BCUT2D eigenvalue weighted by molar-refractivity contribution is -0.154. The van der Waals surface area contributed by atoms with E-state index in [1.807, 2.05) is 13.0 Å². The van der Waals surface area contributed by atoms with Crippen LogP contribution in [0.1, 0.15) is 44.0 Å². The number of carboxylic acids is 1. The number of hydrogen-bond donors (Lipinski definition) is 1. The van der Waals surface area contributed by atoms with Crippen LogP contribution in [0.15, 0.2) is 30.3 Å². The zero-order valence-electron chi connectivity index (χ0n) is 12.5. The number of aliphatic carboxylic acids is 1. The van der Waals surface area contributed by atoms with Gasteiger partial charge in [0.25, 0.3) is 0 Å². The van der Waals surface area contributed by atoms with E-state index in [0.29, 0.717) is 0 Å². The van der Waals surface area contributed by atoms with Crippen LogP contribution in [0.5, 0.6) is 0 Å². The molecule has 0 saturated carbocycles. The molecule has 1 fully saturated rings. The zero-order chi connectivity index (χ0) is 15.0. The van der Waals surface area contributed by atoms with Gasteiger partial charge in [0.15, 0.2) is 0 Å². The predicted molar refractivity (Wildman–Crippen MR) is 86.8 cm³/mol. The van der Waals surface area contributed by atoms with Crippen molar-refractivity contribution in [3.8, 4) is 0 Å². The fourth-order valence-electron chi connectivity index (χ4n) is 3.35. The Balaban J connectivity index is 1.95. The van der Waals surface area contributed by atoms with Gasteiger partial charge in [0.05, 0.1) is 0 Å². The maximum atomic E-state index is 11.8. The van der Waals surface area contributed by atoms with Crippen molar-refractivity contribution in [1.29, 1.82) is 0 Å². The summed E-state index contributed by atoms with van der Waals surface area (Å²) in [4.78, 5) is 15.2. The Morgan fingerprint density at radius 3 is 2.86 bits per heavy atom. The molecular formula is C17H21NO2S. The number of benzene rings is 1. The third kappa shape index (κ3) is 2.47. The number of rotatable bonds is 3. The van der Waals surface area contributed by atoms with Gasteiger partial charge in [0.2, 0.25) is 0 Å². The van der Waals surface area contributed by atoms with Crippen LogP contribution in [-0.4, -0.2) is 28.1 Å². The van der Waals surface area contributed by atoms with Gasteiger partial charge in [-0.05, 0) is 57.2 Å². The average molecular weight is 303 g/mol. The van der Waals surface area contributed by atoms with E-state index in [4.69, 9.17) is 0 Å². The van der Waals surface area contributed by atoms with Crippen molar-refractivity contribution in [3.63, 3.8) is 0 Å². The molecule has 0 amide bonds. The number of thiophene rings is 1. The Morgan fingerprint density at radius 2 is 2.14 bits per heavy atom. The number of carboxylic acid groups (broad SMARTS) is 1. The molecular weight excluding hydrogens is 282 g/mol. The van der Waals surface area contributed by atoms with Gasteiger partial charge in [-0.1, -0.05) is 18.2 Å². The molecule has 0 bridgehead atoms. The van der Waals surface area contributed by atoms with Gasteiger partial charge in [0, 0.05) is 15.6 Å². The first kappa shape index (κ1) is 14.5. The van der Waals surface area contributed by atoms with Gasteiger partial charge in [0.1, 0.15) is 5.54 Å². The Hall–Kier alpha value is -1.39. The van der Waals surface area contributed by atoms with Crippen molar-refractivity contribution in [2.75, 3.05) is 6.54 Å². The topological polar surface area (TPSA) is 40.5 Å². The van der Waals surface area contributed by atoms with Crippen molar-refractivity contribution in [1.82, 2.24) is 4.90 Å². The summed E-state index contributed by atoms with van der Waals surface area (Å²) in [5, 5.41) is 10.9. The molecule has 4 heteroatoms. The van der Waals surface area contributed by atoms with Crippen molar-refractivity contribution >= 4 is 27.4 Å². The third-order valence-corrected chi connectivity index (χ3v) is 6.02. The number of nitrogens with zero attached hydrogens (tertiary/aromatic N) is 1. The highest BCUT2D eigenvalue weighted by Crippen LogP contribution is 2.39. The van der Waals surface area contributed by atoms with Gasteiger partial charge in [-0.2, -0.15) is 0 Å². The summed E-state index contributed by atoms with van der Waals surface area (Å²) in [5.41, 5.74) is -0.742. The Labute approximate surface area is 129 Å². The van der Waals surface area contributed by atoms with Crippen LogP contribution >= 0.6 is 11.3 Å². The molecule has 1 saturated heterocycles. The first-order chi connectivity index (χ1) is 10.0. The van der Waals surface area contributed by atoms with Crippen LogP contribution in [0.3, 0.4) is 0 Å². The quantitative estimate of drug-likeness (QED) is 0.919. The van der Waals surface area contributed by atoms with Crippen molar-refractivity contribution < 1.29 is 9.90 Å². The predicted octanol–water partition coefficient (Wildman–Crippen LogP) is 4.29. The summed E-state index contributed by atoms with van der Waals surface area (Å²) < 4.78 is 1.27. The van der Waals surface area contributed by atoms with E-state index >= 15 is 0 Å². The summed E-state index contributed by atoms with van der Waals surface area (Å²) in [6.07, 6.45) is 2.81. The van der Waals surface area contributed by atoms with Crippen LogP contribution in [0.2, 0.25) is 0 Å². The monoisotopic (exact) mass is 303 g/mol. The largest absolute Gasteiger partial charge is 0.480 e. The highest BCUT2D eigenvalue weighted by Gasteiger charge is 2.43. The molecule has 3 nitrogen and oxygen atoms in total. The summed E-state index contributed by atoms with van der Waals surface area (Å²) in [6.45, 7) is 4.87. The first-order valence-corrected chi connectivity index (χ1v) is 8.32. The molecule has 1 aliphatic rings. The van der Waals surface area contributed by atoms with Crippen LogP contribution in [0.4, 0.5) is 0 Å². The van der Waals surface area contributed by atoms with E-state index in [1.165, 1.54) is 15.0 Å². The fraction of sp³-hybridized carbons (Fsp3) is 0.471.